The molecular weight excluding hydrogens is 510 g/mol. The lowest BCUT2D eigenvalue weighted by molar-refractivity contribution is -0.127. The zero-order chi connectivity index (χ0) is 28.6. The molecule has 0 radical (unpaired) electrons. The summed E-state index contributed by atoms with van der Waals surface area (Å²) in [4.78, 5) is 29.7. The fourth-order valence-electron chi connectivity index (χ4n) is 4.54. The van der Waals surface area contributed by atoms with Crippen molar-refractivity contribution in [1.29, 1.82) is 0 Å². The third kappa shape index (κ3) is 6.17. The van der Waals surface area contributed by atoms with Crippen LogP contribution in [0.15, 0.2) is 66.7 Å². The fourth-order valence-corrected chi connectivity index (χ4v) is 4.54. The molecular formula is C30H35N5O5. The van der Waals surface area contributed by atoms with Crippen LogP contribution in [0.5, 0.6) is 17.2 Å². The molecule has 10 nitrogen and oxygen atoms in total. The number of hydrogen-bond donors (Lipinski definition) is 1. The molecule has 1 heterocycles. The minimum Gasteiger partial charge on any atom is -0.497 e. The summed E-state index contributed by atoms with van der Waals surface area (Å²) in [5, 5.41) is 11.4. The highest BCUT2D eigenvalue weighted by Gasteiger charge is 2.36. The highest BCUT2D eigenvalue weighted by Crippen LogP contribution is 2.39. The Morgan fingerprint density at radius 1 is 0.950 bits per heavy atom. The number of anilines is 1. The molecule has 1 aromatic heterocycles. The van der Waals surface area contributed by atoms with Gasteiger partial charge < -0.3 is 19.5 Å². The van der Waals surface area contributed by atoms with Gasteiger partial charge in [0.1, 0.15) is 23.9 Å². The maximum atomic E-state index is 14.3. The standard InChI is InChI=1S/C30H35N5O5/c1-20(2)16-17-31-30(37)28(23-12-9-15-26(39-4)29(23)40-5)35(21-10-8-11-22(18-21)38-3)27(36)19-34-25-14-7-6-13-24(25)32-33-34/h6-15,18,20,28H,16-17,19H2,1-5H3,(H,31,37). The summed E-state index contributed by atoms with van der Waals surface area (Å²) in [6, 6.07) is 18.6. The number of amides is 2. The minimum absolute atomic E-state index is 0.153. The van der Waals surface area contributed by atoms with Crippen molar-refractivity contribution in [3.8, 4) is 17.2 Å². The quantitative estimate of drug-likeness (QED) is 0.281. The first-order chi connectivity index (χ1) is 19.4. The average Bonchev–Trinajstić information content (AvgIpc) is 3.37. The summed E-state index contributed by atoms with van der Waals surface area (Å²) in [5.41, 5.74) is 2.32. The first kappa shape index (κ1) is 28.4. The molecule has 10 heteroatoms. The second kappa shape index (κ2) is 13.0. The Bertz CT molecular complexity index is 1470. The van der Waals surface area contributed by atoms with Crippen molar-refractivity contribution in [2.45, 2.75) is 32.9 Å². The summed E-state index contributed by atoms with van der Waals surface area (Å²) in [5.74, 6) is 1.01. The van der Waals surface area contributed by atoms with E-state index in [-0.39, 0.29) is 18.4 Å². The Morgan fingerprint density at radius 2 is 1.73 bits per heavy atom. The highest BCUT2D eigenvalue weighted by atomic mass is 16.5. The third-order valence-electron chi connectivity index (χ3n) is 6.56. The predicted molar refractivity (Wildman–Crippen MR) is 153 cm³/mol. The van der Waals surface area contributed by atoms with E-state index in [1.807, 2.05) is 24.3 Å². The summed E-state index contributed by atoms with van der Waals surface area (Å²) in [6.45, 7) is 4.47. The molecule has 1 N–H and O–H groups in total. The first-order valence-electron chi connectivity index (χ1n) is 13.1. The number of nitrogens with zero attached hydrogens (tertiary/aromatic N) is 4. The van der Waals surface area contributed by atoms with Gasteiger partial charge in [0.15, 0.2) is 11.5 Å². The number of para-hydroxylation sites is 2. The van der Waals surface area contributed by atoms with Gasteiger partial charge in [0.25, 0.3) is 0 Å². The van der Waals surface area contributed by atoms with Gasteiger partial charge in [-0.05, 0) is 42.7 Å². The topological polar surface area (TPSA) is 108 Å². The predicted octanol–water partition coefficient (Wildman–Crippen LogP) is 4.39. The number of ether oxygens (including phenoxy) is 3. The molecule has 3 aromatic carbocycles. The van der Waals surface area contributed by atoms with Crippen LogP contribution in [0.3, 0.4) is 0 Å². The van der Waals surface area contributed by atoms with E-state index in [1.165, 1.54) is 23.8 Å². The van der Waals surface area contributed by atoms with Crippen molar-refractivity contribution >= 4 is 28.5 Å². The molecule has 0 aliphatic heterocycles. The van der Waals surface area contributed by atoms with Gasteiger partial charge in [0.2, 0.25) is 11.8 Å². The maximum Gasteiger partial charge on any atom is 0.249 e. The number of carbonyl (C=O) groups is 2. The van der Waals surface area contributed by atoms with E-state index in [0.29, 0.717) is 52.0 Å². The van der Waals surface area contributed by atoms with E-state index in [4.69, 9.17) is 14.2 Å². The van der Waals surface area contributed by atoms with Crippen LogP contribution in [0.25, 0.3) is 11.0 Å². The number of rotatable bonds is 12. The molecule has 0 spiro atoms. The molecule has 4 rings (SSSR count). The van der Waals surface area contributed by atoms with Crippen LogP contribution < -0.4 is 24.4 Å². The van der Waals surface area contributed by atoms with Crippen molar-refractivity contribution in [2.24, 2.45) is 5.92 Å². The number of aromatic nitrogens is 3. The van der Waals surface area contributed by atoms with Gasteiger partial charge in [-0.25, -0.2) is 4.68 Å². The highest BCUT2D eigenvalue weighted by molar-refractivity contribution is 6.02. The molecule has 0 saturated carbocycles. The fraction of sp³-hybridized carbons (Fsp3) is 0.333. The summed E-state index contributed by atoms with van der Waals surface area (Å²) in [7, 11) is 4.59. The third-order valence-corrected chi connectivity index (χ3v) is 6.56. The Morgan fingerprint density at radius 3 is 2.45 bits per heavy atom. The molecule has 2 amide bonds. The van der Waals surface area contributed by atoms with E-state index < -0.39 is 6.04 Å². The normalized spacial score (nSPS) is 11.8. The first-order valence-corrected chi connectivity index (χ1v) is 13.1. The van der Waals surface area contributed by atoms with Crippen molar-refractivity contribution in [1.82, 2.24) is 20.3 Å². The summed E-state index contributed by atoms with van der Waals surface area (Å²) < 4.78 is 18.2. The molecule has 210 valence electrons. The van der Waals surface area contributed by atoms with E-state index in [0.717, 1.165) is 6.42 Å². The van der Waals surface area contributed by atoms with Gasteiger partial charge in [-0.3, -0.25) is 14.5 Å². The van der Waals surface area contributed by atoms with Gasteiger partial charge >= 0.3 is 0 Å². The van der Waals surface area contributed by atoms with Gasteiger partial charge in [0.05, 0.1) is 26.8 Å². The molecule has 1 unspecified atom stereocenters. The van der Waals surface area contributed by atoms with Crippen LogP contribution in [0.1, 0.15) is 31.9 Å². The van der Waals surface area contributed by atoms with Crippen LogP contribution in [-0.4, -0.2) is 54.7 Å². The van der Waals surface area contributed by atoms with Crippen LogP contribution in [0.2, 0.25) is 0 Å². The van der Waals surface area contributed by atoms with Crippen LogP contribution in [0, 0.1) is 5.92 Å². The van der Waals surface area contributed by atoms with E-state index in [1.54, 1.807) is 49.6 Å². The second-order valence-electron chi connectivity index (χ2n) is 9.66. The molecule has 40 heavy (non-hydrogen) atoms. The van der Waals surface area contributed by atoms with Crippen LogP contribution in [-0.2, 0) is 16.1 Å². The molecule has 0 bridgehead atoms. The van der Waals surface area contributed by atoms with Crippen LogP contribution in [0.4, 0.5) is 5.69 Å². The number of hydrogen-bond acceptors (Lipinski definition) is 7. The summed E-state index contributed by atoms with van der Waals surface area (Å²) in [6.07, 6.45) is 0.783. The number of nitrogens with one attached hydrogen (secondary N) is 1. The van der Waals surface area contributed by atoms with Crippen molar-refractivity contribution in [3.63, 3.8) is 0 Å². The zero-order valence-electron chi connectivity index (χ0n) is 23.5. The number of benzene rings is 3. The maximum absolute atomic E-state index is 14.3. The molecule has 4 aromatic rings. The lowest BCUT2D eigenvalue weighted by Gasteiger charge is -2.32. The monoisotopic (exact) mass is 545 g/mol. The second-order valence-corrected chi connectivity index (χ2v) is 9.66. The number of fused-ring (bicyclic) bond motifs is 1. The van der Waals surface area contributed by atoms with E-state index in [2.05, 4.69) is 29.5 Å². The number of methoxy groups -OCH3 is 3. The molecule has 1 atom stereocenters. The van der Waals surface area contributed by atoms with Gasteiger partial charge in [-0.1, -0.05) is 49.4 Å². The lowest BCUT2D eigenvalue weighted by atomic mass is 10.0. The van der Waals surface area contributed by atoms with Gasteiger partial charge in [-0.2, -0.15) is 0 Å². The zero-order valence-corrected chi connectivity index (χ0v) is 23.5. The molecule has 0 aliphatic rings. The van der Waals surface area contributed by atoms with Gasteiger partial charge in [-0.15, -0.1) is 5.10 Å². The Hall–Kier alpha value is -4.60. The van der Waals surface area contributed by atoms with Crippen molar-refractivity contribution < 1.29 is 23.8 Å². The smallest absolute Gasteiger partial charge is 0.249 e. The Kier molecular flexibility index (Phi) is 9.21. The largest absolute Gasteiger partial charge is 0.497 e. The molecule has 0 fully saturated rings. The van der Waals surface area contributed by atoms with Gasteiger partial charge in [0, 0.05) is 23.9 Å². The Balaban J connectivity index is 1.86. The minimum atomic E-state index is -1.09. The van der Waals surface area contributed by atoms with E-state index >= 15 is 0 Å². The molecule has 0 aliphatic carbocycles. The molecule has 0 saturated heterocycles. The van der Waals surface area contributed by atoms with Crippen molar-refractivity contribution in [3.05, 3.63) is 72.3 Å². The SMILES string of the molecule is COc1cccc(N(C(=O)Cn2nnc3ccccc32)C(C(=O)NCCC(C)C)c2cccc(OC)c2OC)c1. The Labute approximate surface area is 233 Å². The number of carbonyl (C=O) groups excluding carboxylic acids is 2. The van der Waals surface area contributed by atoms with Crippen LogP contribution >= 0.6 is 0 Å². The van der Waals surface area contributed by atoms with Crippen molar-refractivity contribution in [2.75, 3.05) is 32.8 Å². The summed E-state index contributed by atoms with van der Waals surface area (Å²) >= 11 is 0. The van der Waals surface area contributed by atoms with E-state index in [9.17, 15) is 9.59 Å². The lowest BCUT2D eigenvalue weighted by Crippen LogP contribution is -2.45. The average molecular weight is 546 g/mol.